The summed E-state index contributed by atoms with van der Waals surface area (Å²) in [7, 11) is 0. The van der Waals surface area contributed by atoms with E-state index in [0.717, 1.165) is 29.7 Å². The SMILES string of the molecule is C[C@@H]1CCCC[C@H]1N1C(=O)C(=O)N(CC(=O)Nc2ccccc2C(=O)NCCc2ccccc2)C1=O. The third kappa shape index (κ3) is 5.45. The lowest BCUT2D eigenvalue weighted by molar-refractivity contribution is -0.145. The first-order chi connectivity index (χ1) is 17.4. The lowest BCUT2D eigenvalue weighted by Gasteiger charge is -2.34. The average molecular weight is 491 g/mol. The molecule has 9 nitrogen and oxygen atoms in total. The molecule has 2 atom stereocenters. The molecule has 0 spiro atoms. The normalized spacial score (nSPS) is 20.0. The van der Waals surface area contributed by atoms with Gasteiger partial charge in [-0.3, -0.25) is 24.1 Å². The minimum absolute atomic E-state index is 0.0977. The van der Waals surface area contributed by atoms with E-state index in [1.807, 2.05) is 37.3 Å². The summed E-state index contributed by atoms with van der Waals surface area (Å²) in [6.45, 7) is 1.77. The average Bonchev–Trinajstić information content (AvgIpc) is 3.08. The number of nitrogens with one attached hydrogen (secondary N) is 2. The molecule has 1 heterocycles. The molecule has 6 amide bonds. The largest absolute Gasteiger partial charge is 0.352 e. The topological polar surface area (TPSA) is 116 Å². The molecule has 4 rings (SSSR count). The summed E-state index contributed by atoms with van der Waals surface area (Å²) in [6, 6.07) is 15.1. The van der Waals surface area contributed by atoms with Crippen molar-refractivity contribution in [2.24, 2.45) is 5.92 Å². The molecule has 0 radical (unpaired) electrons. The summed E-state index contributed by atoms with van der Waals surface area (Å²) >= 11 is 0. The van der Waals surface area contributed by atoms with Crippen LogP contribution in [-0.2, 0) is 20.8 Å². The number of nitrogens with zero attached hydrogens (tertiary/aromatic N) is 2. The molecule has 1 aliphatic carbocycles. The van der Waals surface area contributed by atoms with Crippen molar-refractivity contribution in [3.63, 3.8) is 0 Å². The Bertz CT molecular complexity index is 1170. The van der Waals surface area contributed by atoms with Gasteiger partial charge in [-0.1, -0.05) is 62.2 Å². The maximum Gasteiger partial charge on any atom is 0.334 e. The molecule has 2 N–H and O–H groups in total. The molecule has 188 valence electrons. The van der Waals surface area contributed by atoms with Crippen molar-refractivity contribution in [1.29, 1.82) is 0 Å². The maximum absolute atomic E-state index is 12.9. The fourth-order valence-corrected chi connectivity index (χ4v) is 4.82. The third-order valence-electron chi connectivity index (χ3n) is 6.77. The van der Waals surface area contributed by atoms with Crippen molar-refractivity contribution >= 4 is 35.3 Å². The van der Waals surface area contributed by atoms with E-state index in [1.54, 1.807) is 24.3 Å². The zero-order chi connectivity index (χ0) is 25.7. The molecule has 1 saturated heterocycles. The number of urea groups is 1. The van der Waals surface area contributed by atoms with Gasteiger partial charge < -0.3 is 10.6 Å². The van der Waals surface area contributed by atoms with Crippen LogP contribution in [0.15, 0.2) is 54.6 Å². The Morgan fingerprint density at radius 1 is 0.917 bits per heavy atom. The first-order valence-electron chi connectivity index (χ1n) is 12.3. The number of imide groups is 2. The lowest BCUT2D eigenvalue weighted by atomic mass is 9.85. The van der Waals surface area contributed by atoms with Gasteiger partial charge in [0.2, 0.25) is 5.91 Å². The Balaban J connectivity index is 1.38. The first kappa shape index (κ1) is 25.1. The summed E-state index contributed by atoms with van der Waals surface area (Å²) in [5, 5.41) is 5.45. The van der Waals surface area contributed by atoms with Crippen molar-refractivity contribution in [1.82, 2.24) is 15.1 Å². The van der Waals surface area contributed by atoms with Gasteiger partial charge >= 0.3 is 17.8 Å². The van der Waals surface area contributed by atoms with E-state index in [-0.39, 0.29) is 29.1 Å². The van der Waals surface area contributed by atoms with Crippen LogP contribution in [0.5, 0.6) is 0 Å². The van der Waals surface area contributed by atoms with Crippen LogP contribution in [0.2, 0.25) is 0 Å². The molecule has 2 aliphatic rings. The third-order valence-corrected chi connectivity index (χ3v) is 6.77. The van der Waals surface area contributed by atoms with Gasteiger partial charge in [0.15, 0.2) is 0 Å². The van der Waals surface area contributed by atoms with Crippen molar-refractivity contribution < 1.29 is 24.0 Å². The molecule has 2 fully saturated rings. The van der Waals surface area contributed by atoms with Crippen molar-refractivity contribution in [2.45, 2.75) is 45.1 Å². The number of hydrogen-bond donors (Lipinski definition) is 2. The number of hydrogen-bond acceptors (Lipinski definition) is 5. The van der Waals surface area contributed by atoms with Gasteiger partial charge in [0.1, 0.15) is 6.54 Å². The smallest absolute Gasteiger partial charge is 0.334 e. The summed E-state index contributed by atoms with van der Waals surface area (Å²) in [5.74, 6) is -2.82. The van der Waals surface area contributed by atoms with Gasteiger partial charge in [-0.2, -0.15) is 0 Å². The molecule has 2 aromatic carbocycles. The Hall–Kier alpha value is -4.01. The molecule has 1 saturated carbocycles. The Labute approximate surface area is 209 Å². The van der Waals surface area contributed by atoms with Gasteiger partial charge in [-0.25, -0.2) is 9.69 Å². The van der Waals surface area contributed by atoms with E-state index in [4.69, 9.17) is 0 Å². The highest BCUT2D eigenvalue weighted by Gasteiger charge is 2.49. The second-order valence-electron chi connectivity index (χ2n) is 9.26. The van der Waals surface area contributed by atoms with E-state index in [9.17, 15) is 24.0 Å². The Morgan fingerprint density at radius 3 is 2.36 bits per heavy atom. The lowest BCUT2D eigenvalue weighted by Crippen LogP contribution is -2.46. The fraction of sp³-hybridized carbons (Fsp3) is 0.370. The number of anilines is 1. The van der Waals surface area contributed by atoms with Gasteiger partial charge in [-0.15, -0.1) is 0 Å². The van der Waals surface area contributed by atoms with Crippen molar-refractivity contribution in [3.05, 3.63) is 65.7 Å². The number of benzene rings is 2. The number of rotatable bonds is 8. The fourth-order valence-electron chi connectivity index (χ4n) is 4.82. The minimum Gasteiger partial charge on any atom is -0.352 e. The highest BCUT2D eigenvalue weighted by Crippen LogP contribution is 2.31. The molecule has 0 bridgehead atoms. The van der Waals surface area contributed by atoms with Crippen LogP contribution < -0.4 is 10.6 Å². The monoisotopic (exact) mass is 490 g/mol. The zero-order valence-corrected chi connectivity index (χ0v) is 20.2. The summed E-state index contributed by atoms with van der Waals surface area (Å²) in [4.78, 5) is 65.3. The van der Waals surface area contributed by atoms with E-state index in [1.165, 1.54) is 0 Å². The van der Waals surface area contributed by atoms with Crippen LogP contribution in [0.25, 0.3) is 0 Å². The Kier molecular flexibility index (Phi) is 7.77. The van der Waals surface area contributed by atoms with Gasteiger partial charge in [0, 0.05) is 12.6 Å². The van der Waals surface area contributed by atoms with Gasteiger partial charge in [0.25, 0.3) is 5.91 Å². The van der Waals surface area contributed by atoms with E-state index < -0.39 is 30.3 Å². The predicted octanol–water partition coefficient (Wildman–Crippen LogP) is 2.97. The van der Waals surface area contributed by atoms with Crippen LogP contribution in [-0.4, -0.2) is 58.6 Å². The number of carbonyl (C=O) groups excluding carboxylic acids is 5. The highest BCUT2D eigenvalue weighted by molar-refractivity contribution is 6.45. The highest BCUT2D eigenvalue weighted by atomic mass is 16.2. The van der Waals surface area contributed by atoms with Gasteiger partial charge in [0.05, 0.1) is 11.3 Å². The van der Waals surface area contributed by atoms with Crippen LogP contribution in [0.3, 0.4) is 0 Å². The van der Waals surface area contributed by atoms with Crippen molar-refractivity contribution in [3.8, 4) is 0 Å². The molecular formula is C27H30N4O5. The summed E-state index contributed by atoms with van der Waals surface area (Å²) < 4.78 is 0. The van der Waals surface area contributed by atoms with Crippen LogP contribution in [0, 0.1) is 5.92 Å². The first-order valence-corrected chi connectivity index (χ1v) is 12.3. The second kappa shape index (κ2) is 11.2. The van der Waals surface area contributed by atoms with Crippen LogP contribution in [0.1, 0.15) is 48.5 Å². The molecule has 0 aromatic heterocycles. The van der Waals surface area contributed by atoms with Gasteiger partial charge in [-0.05, 0) is 42.9 Å². The van der Waals surface area contributed by atoms with E-state index in [2.05, 4.69) is 10.6 Å². The standard InChI is InChI=1S/C27H30N4O5/c1-18-9-5-8-14-22(18)31-26(35)25(34)30(27(31)36)17-23(32)29-21-13-7-6-12-20(21)24(33)28-16-15-19-10-3-2-4-11-19/h2-4,6-7,10-13,18,22H,5,8-9,14-17H2,1H3,(H,28,33)(H,29,32)/t18-,22-/m1/s1. The molecule has 0 unspecified atom stereocenters. The van der Waals surface area contributed by atoms with Crippen LogP contribution in [0.4, 0.5) is 10.5 Å². The second-order valence-corrected chi connectivity index (χ2v) is 9.26. The van der Waals surface area contributed by atoms with E-state index in [0.29, 0.717) is 24.3 Å². The minimum atomic E-state index is -1.00. The zero-order valence-electron chi connectivity index (χ0n) is 20.2. The maximum atomic E-state index is 12.9. The number of para-hydroxylation sites is 1. The molecule has 9 heteroatoms. The predicted molar refractivity (Wildman–Crippen MR) is 133 cm³/mol. The number of amides is 6. The van der Waals surface area contributed by atoms with Crippen molar-refractivity contribution in [2.75, 3.05) is 18.4 Å². The van der Waals surface area contributed by atoms with E-state index >= 15 is 0 Å². The molecule has 1 aliphatic heterocycles. The van der Waals surface area contributed by atoms with Crippen LogP contribution >= 0.6 is 0 Å². The quantitative estimate of drug-likeness (QED) is 0.436. The summed E-state index contributed by atoms with van der Waals surface area (Å²) in [6.07, 6.45) is 4.09. The number of carbonyl (C=O) groups is 5. The Morgan fingerprint density at radius 2 is 1.61 bits per heavy atom. The summed E-state index contributed by atoms with van der Waals surface area (Å²) in [5.41, 5.74) is 1.60. The molecule has 36 heavy (non-hydrogen) atoms. The molecular weight excluding hydrogens is 460 g/mol. The molecule has 2 aromatic rings.